The molecule has 0 saturated carbocycles. The first-order valence-corrected chi connectivity index (χ1v) is 6.62. The van der Waals surface area contributed by atoms with E-state index in [4.69, 9.17) is 10.5 Å². The lowest BCUT2D eigenvalue weighted by Crippen LogP contribution is -2.05. The molecule has 0 bridgehead atoms. The summed E-state index contributed by atoms with van der Waals surface area (Å²) < 4.78 is 5.93. The summed E-state index contributed by atoms with van der Waals surface area (Å²) in [6.45, 7) is 6.94. The van der Waals surface area contributed by atoms with E-state index in [0.29, 0.717) is 6.61 Å². The van der Waals surface area contributed by atoms with E-state index < -0.39 is 0 Å². The van der Waals surface area contributed by atoms with Crippen molar-refractivity contribution in [2.75, 3.05) is 12.3 Å². The molecule has 100 valence electrons. The van der Waals surface area contributed by atoms with Crippen molar-refractivity contribution in [3.05, 3.63) is 58.7 Å². The lowest BCUT2D eigenvalue weighted by atomic mass is 10.1. The molecule has 0 radical (unpaired) electrons. The van der Waals surface area contributed by atoms with Gasteiger partial charge in [-0.15, -0.1) is 0 Å². The van der Waals surface area contributed by atoms with Gasteiger partial charge < -0.3 is 10.5 Å². The Labute approximate surface area is 115 Å². The summed E-state index contributed by atoms with van der Waals surface area (Å²) in [5.74, 6) is 1.00. The van der Waals surface area contributed by atoms with Crippen LogP contribution < -0.4 is 10.5 Å². The highest BCUT2D eigenvalue weighted by molar-refractivity contribution is 5.46. The molecule has 2 heteroatoms. The summed E-state index contributed by atoms with van der Waals surface area (Å²) in [6, 6.07) is 12.2. The van der Waals surface area contributed by atoms with Crippen molar-refractivity contribution in [1.82, 2.24) is 0 Å². The number of aryl methyl sites for hydroxylation is 3. The van der Waals surface area contributed by atoms with Gasteiger partial charge in [0, 0.05) is 12.1 Å². The Morgan fingerprint density at radius 2 is 1.63 bits per heavy atom. The van der Waals surface area contributed by atoms with Crippen molar-refractivity contribution < 1.29 is 4.74 Å². The van der Waals surface area contributed by atoms with Crippen molar-refractivity contribution in [1.29, 1.82) is 0 Å². The number of hydrogen-bond donors (Lipinski definition) is 1. The van der Waals surface area contributed by atoms with E-state index in [1.165, 1.54) is 16.7 Å². The number of para-hydroxylation sites is 1. The van der Waals surface area contributed by atoms with Crippen LogP contribution >= 0.6 is 0 Å². The molecule has 0 atom stereocenters. The van der Waals surface area contributed by atoms with Crippen LogP contribution in [0.5, 0.6) is 5.75 Å². The molecule has 2 aromatic rings. The Hall–Kier alpha value is -1.96. The smallest absolute Gasteiger partial charge is 0.125 e. The van der Waals surface area contributed by atoms with Crippen LogP contribution in [0.15, 0.2) is 36.4 Å². The van der Waals surface area contributed by atoms with Crippen LogP contribution in [-0.4, -0.2) is 6.61 Å². The Bertz CT molecular complexity index is 552. The number of nitrogen functional groups attached to an aromatic ring is 1. The number of nitrogens with two attached hydrogens (primary N) is 1. The fourth-order valence-electron chi connectivity index (χ4n) is 2.42. The fraction of sp³-hybridized carbons (Fsp3) is 0.294. The summed E-state index contributed by atoms with van der Waals surface area (Å²) in [4.78, 5) is 0. The summed E-state index contributed by atoms with van der Waals surface area (Å²) in [6.07, 6.45) is 0.833. The number of hydrogen-bond acceptors (Lipinski definition) is 2. The van der Waals surface area contributed by atoms with Gasteiger partial charge in [-0.3, -0.25) is 0 Å². The fourth-order valence-corrected chi connectivity index (χ4v) is 2.42. The highest BCUT2D eigenvalue weighted by atomic mass is 16.5. The van der Waals surface area contributed by atoms with Gasteiger partial charge in [0.25, 0.3) is 0 Å². The minimum atomic E-state index is 0.652. The van der Waals surface area contributed by atoms with Gasteiger partial charge in [-0.1, -0.05) is 35.9 Å². The van der Waals surface area contributed by atoms with Crippen LogP contribution in [0.2, 0.25) is 0 Å². The number of ether oxygens (including phenoxy) is 1. The maximum Gasteiger partial charge on any atom is 0.125 e. The Morgan fingerprint density at radius 3 is 2.26 bits per heavy atom. The van der Waals surface area contributed by atoms with E-state index in [1.807, 2.05) is 24.3 Å². The monoisotopic (exact) mass is 255 g/mol. The standard InChI is InChI=1S/C17H21NO/c1-12-10-13(2)17(14(3)11-12)19-9-8-15-6-4-5-7-16(15)18/h4-7,10-11H,8-9,18H2,1-3H3. The van der Waals surface area contributed by atoms with Crippen LogP contribution in [-0.2, 0) is 6.42 Å². The number of rotatable bonds is 4. The van der Waals surface area contributed by atoms with E-state index >= 15 is 0 Å². The van der Waals surface area contributed by atoms with E-state index in [2.05, 4.69) is 32.9 Å². The molecule has 2 nitrogen and oxygen atoms in total. The predicted molar refractivity (Wildman–Crippen MR) is 80.7 cm³/mol. The molecule has 0 aliphatic heterocycles. The normalized spacial score (nSPS) is 10.5. The topological polar surface area (TPSA) is 35.2 Å². The Kier molecular flexibility index (Phi) is 4.10. The summed E-state index contributed by atoms with van der Waals surface area (Å²) in [5, 5.41) is 0. The zero-order valence-corrected chi connectivity index (χ0v) is 11.9. The van der Waals surface area contributed by atoms with E-state index in [9.17, 15) is 0 Å². The molecule has 2 aromatic carbocycles. The van der Waals surface area contributed by atoms with Crippen molar-refractivity contribution in [2.24, 2.45) is 0 Å². The van der Waals surface area contributed by atoms with Gasteiger partial charge in [0.1, 0.15) is 5.75 Å². The van der Waals surface area contributed by atoms with Crippen LogP contribution in [0.1, 0.15) is 22.3 Å². The minimum Gasteiger partial charge on any atom is -0.493 e. The van der Waals surface area contributed by atoms with Crippen LogP contribution in [0.4, 0.5) is 5.69 Å². The van der Waals surface area contributed by atoms with E-state index in [-0.39, 0.29) is 0 Å². The molecule has 0 unspecified atom stereocenters. The van der Waals surface area contributed by atoms with Gasteiger partial charge in [-0.05, 0) is 43.5 Å². The van der Waals surface area contributed by atoms with Gasteiger partial charge in [-0.2, -0.15) is 0 Å². The molecule has 0 spiro atoms. The first-order chi connectivity index (χ1) is 9.08. The molecule has 0 aliphatic rings. The predicted octanol–water partition coefficient (Wildman–Crippen LogP) is 3.82. The first-order valence-electron chi connectivity index (χ1n) is 6.62. The average Bonchev–Trinajstić information content (AvgIpc) is 2.34. The second-order valence-electron chi connectivity index (χ2n) is 5.03. The molecule has 0 fully saturated rings. The van der Waals surface area contributed by atoms with Gasteiger partial charge >= 0.3 is 0 Å². The second kappa shape index (κ2) is 5.79. The Morgan fingerprint density at radius 1 is 1.00 bits per heavy atom. The molecule has 19 heavy (non-hydrogen) atoms. The summed E-state index contributed by atoms with van der Waals surface area (Å²) in [7, 11) is 0. The molecule has 0 amide bonds. The van der Waals surface area contributed by atoms with Gasteiger partial charge in [0.05, 0.1) is 6.61 Å². The maximum atomic E-state index is 5.93. The zero-order chi connectivity index (χ0) is 13.8. The highest BCUT2D eigenvalue weighted by Crippen LogP contribution is 2.24. The third-order valence-electron chi connectivity index (χ3n) is 3.28. The molecule has 2 N–H and O–H groups in total. The zero-order valence-electron chi connectivity index (χ0n) is 11.9. The Balaban J connectivity index is 2.02. The number of anilines is 1. The highest BCUT2D eigenvalue weighted by Gasteiger charge is 2.05. The molecule has 0 aliphatic carbocycles. The molecule has 2 rings (SSSR count). The second-order valence-corrected chi connectivity index (χ2v) is 5.03. The van der Waals surface area contributed by atoms with Crippen molar-refractivity contribution in [2.45, 2.75) is 27.2 Å². The third-order valence-corrected chi connectivity index (χ3v) is 3.28. The van der Waals surface area contributed by atoms with Gasteiger partial charge in [0.15, 0.2) is 0 Å². The van der Waals surface area contributed by atoms with Crippen LogP contribution in [0, 0.1) is 20.8 Å². The molecule has 0 aromatic heterocycles. The first kappa shape index (κ1) is 13.5. The van der Waals surface area contributed by atoms with E-state index in [1.54, 1.807) is 0 Å². The molecular weight excluding hydrogens is 234 g/mol. The molecule has 0 saturated heterocycles. The average molecular weight is 255 g/mol. The molecule has 0 heterocycles. The maximum absolute atomic E-state index is 5.93. The largest absolute Gasteiger partial charge is 0.493 e. The third kappa shape index (κ3) is 3.28. The van der Waals surface area contributed by atoms with Crippen LogP contribution in [0.3, 0.4) is 0 Å². The number of benzene rings is 2. The van der Waals surface area contributed by atoms with Crippen molar-refractivity contribution in [3.63, 3.8) is 0 Å². The SMILES string of the molecule is Cc1cc(C)c(OCCc2ccccc2N)c(C)c1. The minimum absolute atomic E-state index is 0.652. The van der Waals surface area contributed by atoms with Crippen LogP contribution in [0.25, 0.3) is 0 Å². The lowest BCUT2D eigenvalue weighted by Gasteiger charge is -2.13. The van der Waals surface area contributed by atoms with E-state index in [0.717, 1.165) is 23.4 Å². The van der Waals surface area contributed by atoms with Crippen molar-refractivity contribution >= 4 is 5.69 Å². The lowest BCUT2D eigenvalue weighted by molar-refractivity contribution is 0.317. The van der Waals surface area contributed by atoms with Crippen molar-refractivity contribution in [3.8, 4) is 5.75 Å². The van der Waals surface area contributed by atoms with Gasteiger partial charge in [0.2, 0.25) is 0 Å². The summed E-state index contributed by atoms with van der Waals surface area (Å²) in [5.41, 5.74) is 11.6. The summed E-state index contributed by atoms with van der Waals surface area (Å²) >= 11 is 0. The quantitative estimate of drug-likeness (QED) is 0.843. The van der Waals surface area contributed by atoms with Gasteiger partial charge in [-0.25, -0.2) is 0 Å². The molecular formula is C17H21NO.